The normalized spacial score (nSPS) is 30.2. The maximum atomic E-state index is 12.3. The molecule has 0 spiro atoms. The summed E-state index contributed by atoms with van der Waals surface area (Å²) in [6, 6.07) is 0. The molecule has 1 amide bonds. The Hall–Kier alpha value is -1.03. The Balaban J connectivity index is 2.14. The van der Waals surface area contributed by atoms with Crippen LogP contribution in [0.2, 0.25) is 0 Å². The standard InChI is InChI=1S/C17H29NO3/c1-12-8-14-6-7-18(15(20)21-16(3,4)5)10-17(14,11-19)9-13(12)2/h14,19H,6-11H2,1-5H3/t14-,17-/m0/s1. The van der Waals surface area contributed by atoms with E-state index in [9.17, 15) is 9.90 Å². The van der Waals surface area contributed by atoms with Crippen LogP contribution in [0.5, 0.6) is 0 Å². The number of allylic oxidation sites excluding steroid dienone is 2. The maximum absolute atomic E-state index is 12.3. The smallest absolute Gasteiger partial charge is 0.410 e. The summed E-state index contributed by atoms with van der Waals surface area (Å²) in [5.74, 6) is 0.477. The number of nitrogens with zero attached hydrogens (tertiary/aromatic N) is 1. The Kier molecular flexibility index (Phi) is 4.39. The molecule has 4 heteroatoms. The van der Waals surface area contributed by atoms with Gasteiger partial charge in [-0.1, -0.05) is 11.1 Å². The van der Waals surface area contributed by atoms with Gasteiger partial charge in [0.2, 0.25) is 0 Å². The fourth-order valence-corrected chi connectivity index (χ4v) is 3.67. The van der Waals surface area contributed by atoms with Crippen LogP contribution in [-0.2, 0) is 4.74 Å². The number of carbonyl (C=O) groups excluding carboxylic acids is 1. The third kappa shape index (κ3) is 3.42. The monoisotopic (exact) mass is 295 g/mol. The fraction of sp³-hybridized carbons (Fsp3) is 0.824. The van der Waals surface area contributed by atoms with Crippen molar-refractivity contribution in [3.05, 3.63) is 11.1 Å². The first-order valence-corrected chi connectivity index (χ1v) is 7.91. The highest BCUT2D eigenvalue weighted by Crippen LogP contribution is 2.48. The number of aliphatic hydroxyl groups excluding tert-OH is 1. The highest BCUT2D eigenvalue weighted by atomic mass is 16.6. The number of carbonyl (C=O) groups is 1. The van der Waals surface area contributed by atoms with Crippen LogP contribution >= 0.6 is 0 Å². The second-order valence-electron chi connectivity index (χ2n) is 7.85. The Morgan fingerprint density at radius 3 is 2.62 bits per heavy atom. The summed E-state index contributed by atoms with van der Waals surface area (Å²) in [6.45, 7) is 11.5. The molecule has 120 valence electrons. The van der Waals surface area contributed by atoms with Crippen molar-refractivity contribution in [2.45, 2.75) is 59.5 Å². The van der Waals surface area contributed by atoms with Gasteiger partial charge in [-0.3, -0.25) is 0 Å². The van der Waals surface area contributed by atoms with Gasteiger partial charge in [0, 0.05) is 18.5 Å². The van der Waals surface area contributed by atoms with Crippen molar-refractivity contribution in [1.29, 1.82) is 0 Å². The molecule has 1 aliphatic carbocycles. The van der Waals surface area contributed by atoms with Crippen molar-refractivity contribution in [1.82, 2.24) is 4.90 Å². The summed E-state index contributed by atoms with van der Waals surface area (Å²) in [6.07, 6.45) is 2.64. The zero-order valence-corrected chi connectivity index (χ0v) is 14.0. The third-order valence-electron chi connectivity index (χ3n) is 4.98. The molecule has 2 atom stereocenters. The minimum Gasteiger partial charge on any atom is -0.444 e. The van der Waals surface area contributed by atoms with Crippen molar-refractivity contribution in [3.8, 4) is 0 Å². The van der Waals surface area contributed by atoms with Crippen LogP contribution < -0.4 is 0 Å². The van der Waals surface area contributed by atoms with Crippen LogP contribution in [0.3, 0.4) is 0 Å². The van der Waals surface area contributed by atoms with E-state index in [2.05, 4.69) is 13.8 Å². The molecule has 0 radical (unpaired) electrons. The zero-order chi connectivity index (χ0) is 15.8. The Morgan fingerprint density at radius 2 is 2.05 bits per heavy atom. The molecule has 0 saturated carbocycles. The molecule has 0 unspecified atom stereocenters. The van der Waals surface area contributed by atoms with Gasteiger partial charge >= 0.3 is 6.09 Å². The Labute approximate surface area is 128 Å². The minimum absolute atomic E-state index is 0.140. The van der Waals surface area contributed by atoms with Gasteiger partial charge in [0.25, 0.3) is 0 Å². The number of piperidine rings is 1. The van der Waals surface area contributed by atoms with Crippen LogP contribution in [0.15, 0.2) is 11.1 Å². The van der Waals surface area contributed by atoms with E-state index in [0.29, 0.717) is 12.5 Å². The van der Waals surface area contributed by atoms with Crippen molar-refractivity contribution in [2.75, 3.05) is 19.7 Å². The molecule has 1 aliphatic heterocycles. The largest absolute Gasteiger partial charge is 0.444 e. The first-order valence-electron chi connectivity index (χ1n) is 7.91. The predicted octanol–water partition coefficient (Wildman–Crippen LogP) is 3.35. The molecule has 4 nitrogen and oxygen atoms in total. The van der Waals surface area contributed by atoms with Crippen LogP contribution in [0.4, 0.5) is 4.79 Å². The molecule has 2 rings (SSSR count). The molecular weight excluding hydrogens is 266 g/mol. The third-order valence-corrected chi connectivity index (χ3v) is 4.98. The van der Waals surface area contributed by atoms with E-state index < -0.39 is 5.60 Å². The number of ether oxygens (including phenoxy) is 1. The first kappa shape index (κ1) is 16.3. The fourth-order valence-electron chi connectivity index (χ4n) is 3.67. The molecule has 0 aromatic heterocycles. The molecule has 0 aromatic carbocycles. The lowest BCUT2D eigenvalue weighted by molar-refractivity contribution is -0.0385. The summed E-state index contributed by atoms with van der Waals surface area (Å²) in [4.78, 5) is 14.1. The summed E-state index contributed by atoms with van der Waals surface area (Å²) >= 11 is 0. The number of fused-ring (bicyclic) bond motifs is 1. The lowest BCUT2D eigenvalue weighted by Gasteiger charge is -2.50. The quantitative estimate of drug-likeness (QED) is 0.755. The van der Waals surface area contributed by atoms with Gasteiger partial charge in [-0.25, -0.2) is 4.79 Å². The summed E-state index contributed by atoms with van der Waals surface area (Å²) in [5, 5.41) is 10.0. The lowest BCUT2D eigenvalue weighted by Crippen LogP contribution is -2.54. The number of hydrogen-bond acceptors (Lipinski definition) is 3. The highest BCUT2D eigenvalue weighted by molar-refractivity contribution is 5.68. The van der Waals surface area contributed by atoms with Crippen LogP contribution in [-0.4, -0.2) is 41.4 Å². The van der Waals surface area contributed by atoms with E-state index in [1.165, 1.54) is 11.1 Å². The number of hydrogen-bond donors (Lipinski definition) is 1. The van der Waals surface area contributed by atoms with E-state index in [1.807, 2.05) is 20.8 Å². The van der Waals surface area contributed by atoms with Gasteiger partial charge in [-0.05, 0) is 59.8 Å². The van der Waals surface area contributed by atoms with E-state index in [-0.39, 0.29) is 18.1 Å². The van der Waals surface area contributed by atoms with E-state index in [1.54, 1.807) is 4.90 Å². The van der Waals surface area contributed by atoms with E-state index >= 15 is 0 Å². The van der Waals surface area contributed by atoms with Crippen molar-refractivity contribution in [3.63, 3.8) is 0 Å². The number of likely N-dealkylation sites (tertiary alicyclic amines) is 1. The average Bonchev–Trinajstić information content (AvgIpc) is 2.37. The van der Waals surface area contributed by atoms with Crippen LogP contribution in [0.1, 0.15) is 53.9 Å². The van der Waals surface area contributed by atoms with E-state index in [0.717, 1.165) is 25.8 Å². The Bertz CT molecular complexity index is 449. The zero-order valence-electron chi connectivity index (χ0n) is 14.0. The van der Waals surface area contributed by atoms with Gasteiger partial charge in [0.05, 0.1) is 6.61 Å². The van der Waals surface area contributed by atoms with Crippen LogP contribution in [0.25, 0.3) is 0 Å². The number of aliphatic hydroxyl groups is 1. The van der Waals surface area contributed by atoms with Gasteiger partial charge < -0.3 is 14.7 Å². The molecule has 1 N–H and O–H groups in total. The van der Waals surface area contributed by atoms with E-state index in [4.69, 9.17) is 4.74 Å². The van der Waals surface area contributed by atoms with Gasteiger partial charge in [-0.15, -0.1) is 0 Å². The SMILES string of the molecule is CC1=C(C)C[C@@]2(CO)CN(C(=O)OC(C)(C)C)CC[C@H]2C1. The van der Waals surface area contributed by atoms with Gasteiger partial charge in [0.1, 0.15) is 5.60 Å². The maximum Gasteiger partial charge on any atom is 0.410 e. The summed E-state index contributed by atoms with van der Waals surface area (Å²) in [5.41, 5.74) is 2.17. The van der Waals surface area contributed by atoms with Crippen molar-refractivity contribution < 1.29 is 14.6 Å². The predicted molar refractivity (Wildman–Crippen MR) is 83.0 cm³/mol. The topological polar surface area (TPSA) is 49.8 Å². The molecule has 1 saturated heterocycles. The van der Waals surface area contributed by atoms with Gasteiger partial charge in [-0.2, -0.15) is 0 Å². The molecule has 0 bridgehead atoms. The molecule has 0 aromatic rings. The Morgan fingerprint density at radius 1 is 1.38 bits per heavy atom. The first-order chi connectivity index (χ1) is 9.67. The number of rotatable bonds is 1. The second-order valence-corrected chi connectivity index (χ2v) is 7.85. The average molecular weight is 295 g/mol. The van der Waals surface area contributed by atoms with Gasteiger partial charge in [0.15, 0.2) is 0 Å². The van der Waals surface area contributed by atoms with Crippen LogP contribution in [0, 0.1) is 11.3 Å². The molecule has 1 fully saturated rings. The summed E-state index contributed by atoms with van der Waals surface area (Å²) < 4.78 is 5.49. The number of amides is 1. The molecule has 1 heterocycles. The minimum atomic E-state index is -0.473. The molecular formula is C17H29NO3. The van der Waals surface area contributed by atoms with Crippen molar-refractivity contribution in [2.24, 2.45) is 11.3 Å². The highest BCUT2D eigenvalue weighted by Gasteiger charge is 2.46. The molecule has 21 heavy (non-hydrogen) atoms. The lowest BCUT2D eigenvalue weighted by atomic mass is 9.62. The second kappa shape index (κ2) is 5.64. The van der Waals surface area contributed by atoms with Crippen molar-refractivity contribution >= 4 is 6.09 Å². The molecule has 2 aliphatic rings. The summed E-state index contributed by atoms with van der Waals surface area (Å²) in [7, 11) is 0.